The van der Waals surface area contributed by atoms with Gasteiger partial charge in [0.2, 0.25) is 0 Å². The van der Waals surface area contributed by atoms with Crippen LogP contribution in [0.15, 0.2) is 17.0 Å². The molecule has 0 atom stereocenters. The van der Waals surface area contributed by atoms with Gasteiger partial charge < -0.3 is 0 Å². The fraction of sp³-hybridized carbons (Fsp3) is 0.125. The average Bonchev–Trinajstić information content (AvgIpc) is 2.10. The molecule has 0 N–H and O–H groups in total. The third-order valence-corrected chi connectivity index (χ3v) is 2.56. The fourth-order valence-corrected chi connectivity index (χ4v) is 1.55. The maximum Gasteiger partial charge on any atom is 0.156 e. The Bertz CT molecular complexity index is 314. The van der Waals surface area contributed by atoms with Crippen LogP contribution in [-0.4, -0.2) is 12.5 Å². The summed E-state index contributed by atoms with van der Waals surface area (Å²) in [4.78, 5) is 10.8. The molecule has 0 aromatic heterocycles. The van der Waals surface area contributed by atoms with E-state index in [9.17, 15) is 9.18 Å². The van der Waals surface area contributed by atoms with Crippen LogP contribution in [0, 0.1) is 5.82 Å². The lowest BCUT2D eigenvalue weighted by Crippen LogP contribution is -1.88. The van der Waals surface area contributed by atoms with E-state index < -0.39 is 5.82 Å². The van der Waals surface area contributed by atoms with Crippen LogP contribution < -0.4 is 0 Å². The van der Waals surface area contributed by atoms with Crippen LogP contribution >= 0.6 is 23.4 Å². The quantitative estimate of drug-likeness (QED) is 0.544. The van der Waals surface area contributed by atoms with Gasteiger partial charge in [-0.2, -0.15) is 0 Å². The molecule has 0 heterocycles. The number of rotatable bonds is 2. The number of aldehydes is 1. The summed E-state index contributed by atoms with van der Waals surface area (Å²) < 4.78 is 13.1. The minimum absolute atomic E-state index is 0.100. The minimum atomic E-state index is -0.520. The first kappa shape index (κ1) is 9.55. The van der Waals surface area contributed by atoms with E-state index in [4.69, 9.17) is 11.6 Å². The maximum atomic E-state index is 13.1. The lowest BCUT2D eigenvalue weighted by Gasteiger charge is -2.02. The molecule has 12 heavy (non-hydrogen) atoms. The van der Waals surface area contributed by atoms with Crippen molar-refractivity contribution < 1.29 is 9.18 Å². The summed E-state index contributed by atoms with van der Waals surface area (Å²) in [7, 11) is 0. The molecule has 0 amide bonds. The number of thioether (sulfide) groups is 1. The molecule has 1 rings (SSSR count). The molecule has 0 aliphatic heterocycles. The summed E-state index contributed by atoms with van der Waals surface area (Å²) in [5.41, 5.74) is 0.187. The van der Waals surface area contributed by atoms with Crippen LogP contribution in [0.25, 0.3) is 0 Å². The molecule has 1 aromatic carbocycles. The molecule has 1 nitrogen and oxygen atoms in total. The predicted octanol–water partition coefficient (Wildman–Crippen LogP) is 3.01. The molecule has 0 unspecified atom stereocenters. The molecule has 0 aliphatic rings. The van der Waals surface area contributed by atoms with Crippen molar-refractivity contribution in [2.24, 2.45) is 0 Å². The molecule has 1 aromatic rings. The van der Waals surface area contributed by atoms with E-state index in [1.165, 1.54) is 23.9 Å². The first-order valence-corrected chi connectivity index (χ1v) is 4.78. The summed E-state index contributed by atoms with van der Waals surface area (Å²) in [6, 6.07) is 3.04. The van der Waals surface area contributed by atoms with Gasteiger partial charge in [0.25, 0.3) is 0 Å². The number of carbonyl (C=O) groups excluding carboxylic acids is 1. The van der Waals surface area contributed by atoms with Crippen molar-refractivity contribution in [3.05, 3.63) is 28.5 Å². The van der Waals surface area contributed by atoms with Gasteiger partial charge in [-0.3, -0.25) is 4.79 Å². The van der Waals surface area contributed by atoms with Crippen molar-refractivity contribution >= 4 is 29.6 Å². The Hall–Kier alpha value is -0.540. The first-order valence-electron chi connectivity index (χ1n) is 3.18. The smallest absolute Gasteiger partial charge is 0.156 e. The standard InChI is InChI=1S/C8H6ClFOS/c1-12-6-3-2-5(4-11)7(9)8(6)10/h2-4H,1H3. The predicted molar refractivity (Wildman–Crippen MR) is 48.6 cm³/mol. The number of carbonyl (C=O) groups is 1. The van der Waals surface area contributed by atoms with Crippen molar-refractivity contribution in [1.82, 2.24) is 0 Å². The highest BCUT2D eigenvalue weighted by atomic mass is 35.5. The highest BCUT2D eigenvalue weighted by Crippen LogP contribution is 2.27. The second-order valence-electron chi connectivity index (χ2n) is 2.10. The monoisotopic (exact) mass is 204 g/mol. The van der Waals surface area contributed by atoms with Crippen molar-refractivity contribution in [2.75, 3.05) is 6.26 Å². The second-order valence-corrected chi connectivity index (χ2v) is 3.33. The summed E-state index contributed by atoms with van der Waals surface area (Å²) in [6.45, 7) is 0. The van der Waals surface area contributed by atoms with Crippen molar-refractivity contribution in [3.63, 3.8) is 0 Å². The Labute approximate surface area is 78.9 Å². The van der Waals surface area contributed by atoms with Crippen molar-refractivity contribution in [2.45, 2.75) is 4.90 Å². The minimum Gasteiger partial charge on any atom is -0.298 e. The summed E-state index contributed by atoms with van der Waals surface area (Å²) in [5, 5.41) is -0.100. The SMILES string of the molecule is CSc1ccc(C=O)c(Cl)c1F. The maximum absolute atomic E-state index is 13.1. The van der Waals surface area contributed by atoms with Crippen LogP contribution in [0.5, 0.6) is 0 Å². The van der Waals surface area contributed by atoms with E-state index in [0.717, 1.165) is 0 Å². The van der Waals surface area contributed by atoms with Gasteiger partial charge in [0.1, 0.15) is 0 Å². The van der Waals surface area contributed by atoms with Crippen LogP contribution in [0.3, 0.4) is 0 Å². The van der Waals surface area contributed by atoms with E-state index in [0.29, 0.717) is 11.2 Å². The molecule has 0 aliphatic carbocycles. The van der Waals surface area contributed by atoms with E-state index in [-0.39, 0.29) is 10.6 Å². The Morgan fingerprint density at radius 3 is 2.75 bits per heavy atom. The van der Waals surface area contributed by atoms with Crippen molar-refractivity contribution in [1.29, 1.82) is 0 Å². The number of benzene rings is 1. The zero-order chi connectivity index (χ0) is 9.14. The van der Waals surface area contributed by atoms with E-state index in [1.807, 2.05) is 0 Å². The van der Waals surface area contributed by atoms with E-state index in [2.05, 4.69) is 0 Å². The number of hydrogen-bond acceptors (Lipinski definition) is 2. The Morgan fingerprint density at radius 1 is 1.58 bits per heavy atom. The van der Waals surface area contributed by atoms with Gasteiger partial charge in [0.05, 0.1) is 5.02 Å². The highest BCUT2D eigenvalue weighted by molar-refractivity contribution is 7.98. The van der Waals surface area contributed by atoms with Gasteiger partial charge >= 0.3 is 0 Å². The van der Waals surface area contributed by atoms with Gasteiger partial charge in [-0.15, -0.1) is 11.8 Å². The molecule has 0 radical (unpaired) electrons. The zero-order valence-electron chi connectivity index (χ0n) is 6.30. The fourth-order valence-electron chi connectivity index (χ4n) is 0.795. The Morgan fingerprint density at radius 2 is 2.25 bits per heavy atom. The summed E-state index contributed by atoms with van der Waals surface area (Å²) in [6.07, 6.45) is 2.28. The molecule has 0 fully saturated rings. The highest BCUT2D eigenvalue weighted by Gasteiger charge is 2.09. The van der Waals surface area contributed by atoms with Gasteiger partial charge in [0, 0.05) is 10.5 Å². The van der Waals surface area contributed by atoms with Crippen molar-refractivity contribution in [3.8, 4) is 0 Å². The number of hydrogen-bond donors (Lipinski definition) is 0. The van der Waals surface area contributed by atoms with Gasteiger partial charge in [-0.25, -0.2) is 4.39 Å². The normalized spacial score (nSPS) is 9.92. The zero-order valence-corrected chi connectivity index (χ0v) is 7.88. The Balaban J connectivity index is 3.29. The average molecular weight is 205 g/mol. The van der Waals surface area contributed by atoms with E-state index in [1.54, 1.807) is 6.26 Å². The van der Waals surface area contributed by atoms with Crippen LogP contribution in [0.2, 0.25) is 5.02 Å². The molecule has 64 valence electrons. The third kappa shape index (κ3) is 1.62. The summed E-state index contributed by atoms with van der Waals surface area (Å²) in [5.74, 6) is -0.520. The number of halogens is 2. The van der Waals surface area contributed by atoms with Gasteiger partial charge in [-0.1, -0.05) is 11.6 Å². The second kappa shape index (κ2) is 3.92. The Kier molecular flexibility index (Phi) is 3.12. The summed E-state index contributed by atoms with van der Waals surface area (Å²) >= 11 is 6.81. The molecule has 0 spiro atoms. The third-order valence-electron chi connectivity index (χ3n) is 1.42. The largest absolute Gasteiger partial charge is 0.298 e. The van der Waals surface area contributed by atoms with E-state index >= 15 is 0 Å². The molecular formula is C8H6ClFOS. The first-order chi connectivity index (χ1) is 5.70. The van der Waals surface area contributed by atoms with Crippen LogP contribution in [0.1, 0.15) is 10.4 Å². The molecule has 4 heteroatoms. The molecule has 0 bridgehead atoms. The van der Waals surface area contributed by atoms with Crippen LogP contribution in [0.4, 0.5) is 4.39 Å². The molecular weight excluding hydrogens is 199 g/mol. The van der Waals surface area contributed by atoms with Gasteiger partial charge in [-0.05, 0) is 18.4 Å². The van der Waals surface area contributed by atoms with Gasteiger partial charge in [0.15, 0.2) is 12.1 Å². The molecule has 0 saturated carbocycles. The topological polar surface area (TPSA) is 17.1 Å². The molecule has 0 saturated heterocycles. The van der Waals surface area contributed by atoms with Crippen LogP contribution in [-0.2, 0) is 0 Å². The lowest BCUT2D eigenvalue weighted by molar-refractivity contribution is 0.112. The lowest BCUT2D eigenvalue weighted by atomic mass is 10.2.